The van der Waals surface area contributed by atoms with Crippen molar-refractivity contribution in [1.82, 2.24) is 10.0 Å². The van der Waals surface area contributed by atoms with Gasteiger partial charge in [-0.25, -0.2) is 13.1 Å². The van der Waals surface area contributed by atoms with Crippen LogP contribution in [0.5, 0.6) is 0 Å². The van der Waals surface area contributed by atoms with Crippen molar-refractivity contribution >= 4 is 10.0 Å². The number of hydrogen-bond acceptors (Lipinski definition) is 3. The molecule has 4 nitrogen and oxygen atoms in total. The summed E-state index contributed by atoms with van der Waals surface area (Å²) in [4.78, 5) is 0.438. The van der Waals surface area contributed by atoms with E-state index in [1.54, 1.807) is 0 Å². The quantitative estimate of drug-likeness (QED) is 0.775. The van der Waals surface area contributed by atoms with E-state index >= 15 is 0 Å². The van der Waals surface area contributed by atoms with Crippen LogP contribution in [0, 0.1) is 5.92 Å². The summed E-state index contributed by atoms with van der Waals surface area (Å²) in [6.45, 7) is 7.55. The Bertz CT molecular complexity index is 580. The van der Waals surface area contributed by atoms with Gasteiger partial charge in [-0.1, -0.05) is 26.0 Å². The first-order valence-electron chi connectivity index (χ1n) is 7.82. The van der Waals surface area contributed by atoms with E-state index in [1.165, 1.54) is 0 Å². The van der Waals surface area contributed by atoms with Crippen molar-refractivity contribution in [3.05, 3.63) is 29.3 Å². The van der Waals surface area contributed by atoms with Gasteiger partial charge in [-0.3, -0.25) is 0 Å². The summed E-state index contributed by atoms with van der Waals surface area (Å²) in [5.74, 6) is 0.509. The summed E-state index contributed by atoms with van der Waals surface area (Å²) in [6, 6.07) is 5.77. The molecule has 1 fully saturated rings. The molecule has 1 saturated carbocycles. The summed E-state index contributed by atoms with van der Waals surface area (Å²) >= 11 is 0. The van der Waals surface area contributed by atoms with E-state index in [0.29, 0.717) is 17.4 Å². The second-order valence-corrected chi connectivity index (χ2v) is 7.51. The summed E-state index contributed by atoms with van der Waals surface area (Å²) in [7, 11) is -3.43. The van der Waals surface area contributed by atoms with Gasteiger partial charge in [0.2, 0.25) is 10.0 Å². The van der Waals surface area contributed by atoms with Gasteiger partial charge in [0, 0.05) is 12.6 Å². The Morgan fingerprint density at radius 3 is 2.57 bits per heavy atom. The number of rotatable bonds is 8. The molecule has 5 heteroatoms. The van der Waals surface area contributed by atoms with E-state index in [0.717, 1.165) is 36.9 Å². The first kappa shape index (κ1) is 16.5. The van der Waals surface area contributed by atoms with E-state index in [-0.39, 0.29) is 6.04 Å². The molecule has 0 aliphatic heterocycles. The second kappa shape index (κ2) is 6.90. The maximum absolute atomic E-state index is 12.6. The molecule has 0 aromatic heterocycles. The third-order valence-corrected chi connectivity index (χ3v) is 5.69. The molecule has 1 aromatic carbocycles. The monoisotopic (exact) mass is 310 g/mol. The summed E-state index contributed by atoms with van der Waals surface area (Å²) in [5.41, 5.74) is 1.89. The van der Waals surface area contributed by atoms with E-state index in [9.17, 15) is 8.42 Å². The van der Waals surface area contributed by atoms with Crippen LogP contribution < -0.4 is 10.0 Å². The number of hydrogen-bond donors (Lipinski definition) is 2. The lowest BCUT2D eigenvalue weighted by atomic mass is 10.1. The molecule has 0 spiro atoms. The maximum atomic E-state index is 12.6. The van der Waals surface area contributed by atoms with Crippen LogP contribution in [0.4, 0.5) is 0 Å². The molecule has 0 radical (unpaired) electrons. The fourth-order valence-corrected chi connectivity index (χ4v) is 4.19. The van der Waals surface area contributed by atoms with Gasteiger partial charge >= 0.3 is 0 Å². The lowest BCUT2D eigenvalue weighted by Crippen LogP contribution is -2.34. The maximum Gasteiger partial charge on any atom is 0.241 e. The van der Waals surface area contributed by atoms with E-state index in [2.05, 4.69) is 10.0 Å². The third-order valence-electron chi connectivity index (χ3n) is 4.05. The Labute approximate surface area is 128 Å². The Balaban J connectivity index is 2.25. The molecule has 21 heavy (non-hydrogen) atoms. The number of sulfonamides is 1. The first-order valence-corrected chi connectivity index (χ1v) is 9.31. The normalized spacial score (nSPS) is 16.9. The van der Waals surface area contributed by atoms with Crippen molar-refractivity contribution in [2.24, 2.45) is 5.92 Å². The Morgan fingerprint density at radius 1 is 1.29 bits per heavy atom. The molecule has 0 bridgehead atoms. The van der Waals surface area contributed by atoms with Crippen LogP contribution in [0.2, 0.25) is 0 Å². The minimum atomic E-state index is -3.43. The molecule has 0 saturated heterocycles. The molecule has 0 amide bonds. The van der Waals surface area contributed by atoms with Gasteiger partial charge in [0.05, 0.1) is 4.90 Å². The first-order chi connectivity index (χ1) is 9.97. The van der Waals surface area contributed by atoms with Crippen molar-refractivity contribution in [3.63, 3.8) is 0 Å². The summed E-state index contributed by atoms with van der Waals surface area (Å²) in [6.07, 6.45) is 2.98. The molecule has 2 rings (SSSR count). The highest BCUT2D eigenvalue weighted by atomic mass is 32.2. The Hall–Kier alpha value is -0.910. The van der Waals surface area contributed by atoms with Crippen LogP contribution in [0.1, 0.15) is 44.7 Å². The van der Waals surface area contributed by atoms with Gasteiger partial charge in [-0.2, -0.15) is 0 Å². The van der Waals surface area contributed by atoms with Crippen LogP contribution in [-0.4, -0.2) is 21.0 Å². The largest absolute Gasteiger partial charge is 0.313 e. The molecular formula is C16H26N2O2S. The predicted octanol–water partition coefficient (Wildman–Crippen LogP) is 2.44. The molecule has 1 aliphatic carbocycles. The smallest absolute Gasteiger partial charge is 0.241 e. The standard InChI is InChI=1S/C16H26N2O2S/c1-4-14-7-6-13(11-17-5-2)10-16(14)21(19,20)18-12(3)15-8-9-15/h6-7,10,12,15,17-18H,4-5,8-9,11H2,1-3H3. The van der Waals surface area contributed by atoms with Crippen molar-refractivity contribution in [1.29, 1.82) is 0 Å². The number of benzene rings is 1. The van der Waals surface area contributed by atoms with Gasteiger partial charge < -0.3 is 5.32 Å². The average Bonchev–Trinajstić information content (AvgIpc) is 3.29. The number of aryl methyl sites for hydroxylation is 1. The minimum absolute atomic E-state index is 0.0251. The van der Waals surface area contributed by atoms with E-state index < -0.39 is 10.0 Å². The lowest BCUT2D eigenvalue weighted by molar-refractivity contribution is 0.537. The van der Waals surface area contributed by atoms with Crippen LogP contribution in [0.3, 0.4) is 0 Å². The third kappa shape index (κ3) is 4.28. The van der Waals surface area contributed by atoms with Gasteiger partial charge in [0.25, 0.3) is 0 Å². The van der Waals surface area contributed by atoms with Crippen molar-refractivity contribution in [2.75, 3.05) is 6.54 Å². The van der Waals surface area contributed by atoms with Crippen molar-refractivity contribution < 1.29 is 8.42 Å². The molecule has 0 heterocycles. The highest BCUT2D eigenvalue weighted by molar-refractivity contribution is 7.89. The molecular weight excluding hydrogens is 284 g/mol. The zero-order valence-electron chi connectivity index (χ0n) is 13.1. The fourth-order valence-electron chi connectivity index (χ4n) is 2.52. The molecule has 118 valence electrons. The van der Waals surface area contributed by atoms with Crippen LogP contribution in [-0.2, 0) is 23.0 Å². The molecule has 2 N–H and O–H groups in total. The van der Waals surface area contributed by atoms with Crippen LogP contribution >= 0.6 is 0 Å². The SMILES string of the molecule is CCNCc1ccc(CC)c(S(=O)(=O)NC(C)C2CC2)c1. The molecule has 1 aliphatic rings. The topological polar surface area (TPSA) is 58.2 Å². The van der Waals surface area contributed by atoms with Gasteiger partial charge in [-0.15, -0.1) is 0 Å². The minimum Gasteiger partial charge on any atom is -0.313 e. The molecule has 1 atom stereocenters. The Morgan fingerprint density at radius 2 is 2.00 bits per heavy atom. The van der Waals surface area contributed by atoms with Crippen LogP contribution in [0.25, 0.3) is 0 Å². The van der Waals surface area contributed by atoms with Gasteiger partial charge in [0.15, 0.2) is 0 Å². The van der Waals surface area contributed by atoms with Gasteiger partial charge in [0.1, 0.15) is 0 Å². The number of nitrogens with one attached hydrogen (secondary N) is 2. The Kier molecular flexibility index (Phi) is 5.41. The van der Waals surface area contributed by atoms with Gasteiger partial charge in [-0.05, 0) is 55.8 Å². The van der Waals surface area contributed by atoms with Crippen molar-refractivity contribution in [3.8, 4) is 0 Å². The zero-order chi connectivity index (χ0) is 15.5. The van der Waals surface area contributed by atoms with Crippen LogP contribution in [0.15, 0.2) is 23.1 Å². The summed E-state index contributed by atoms with van der Waals surface area (Å²) in [5, 5.41) is 3.23. The molecule has 1 aromatic rings. The second-order valence-electron chi connectivity index (χ2n) is 5.82. The zero-order valence-corrected chi connectivity index (χ0v) is 14.0. The summed E-state index contributed by atoms with van der Waals surface area (Å²) < 4.78 is 28.1. The fraction of sp³-hybridized carbons (Fsp3) is 0.625. The molecule has 1 unspecified atom stereocenters. The predicted molar refractivity (Wildman–Crippen MR) is 85.7 cm³/mol. The van der Waals surface area contributed by atoms with E-state index in [4.69, 9.17) is 0 Å². The highest BCUT2D eigenvalue weighted by Crippen LogP contribution is 2.33. The van der Waals surface area contributed by atoms with E-state index in [1.807, 2.05) is 39.0 Å². The lowest BCUT2D eigenvalue weighted by Gasteiger charge is -2.16. The average molecular weight is 310 g/mol. The van der Waals surface area contributed by atoms with Crippen molar-refractivity contribution in [2.45, 2.75) is 57.5 Å². The highest BCUT2D eigenvalue weighted by Gasteiger charge is 2.31.